The molecule has 2 aromatic carbocycles. The zero-order chi connectivity index (χ0) is 20.1. The molecule has 2 aliphatic heterocycles. The monoisotopic (exact) mass is 391 g/mol. The Hall–Kier alpha value is -3.19. The lowest BCUT2D eigenvalue weighted by molar-refractivity contribution is -0.384. The van der Waals surface area contributed by atoms with Crippen LogP contribution < -0.4 is 5.32 Å². The lowest BCUT2D eigenvalue weighted by atomic mass is 9.69. The quantitative estimate of drug-likeness (QED) is 0.479. The number of anilines is 1. The summed E-state index contributed by atoms with van der Waals surface area (Å²) in [6, 6.07) is 15.4. The summed E-state index contributed by atoms with van der Waals surface area (Å²) in [4.78, 5) is 28.6. The second-order valence-corrected chi connectivity index (χ2v) is 7.86. The zero-order valence-electron chi connectivity index (χ0n) is 16.0. The van der Waals surface area contributed by atoms with Crippen LogP contribution in [0, 0.1) is 10.1 Å². The topological polar surface area (TPSA) is 84.7 Å². The Morgan fingerprint density at radius 1 is 1.24 bits per heavy atom. The van der Waals surface area contributed by atoms with Gasteiger partial charge >= 0.3 is 0 Å². The maximum absolute atomic E-state index is 11.9. The van der Waals surface area contributed by atoms with Crippen molar-refractivity contribution in [3.63, 3.8) is 0 Å². The van der Waals surface area contributed by atoms with E-state index < -0.39 is 0 Å². The molecule has 1 amide bonds. The van der Waals surface area contributed by atoms with Crippen molar-refractivity contribution in [1.82, 2.24) is 5.06 Å². The molecule has 7 nitrogen and oxygen atoms in total. The third kappa shape index (κ3) is 2.89. The van der Waals surface area contributed by atoms with Gasteiger partial charge in [-0.3, -0.25) is 19.7 Å². The van der Waals surface area contributed by atoms with Crippen molar-refractivity contribution >= 4 is 17.3 Å². The van der Waals surface area contributed by atoms with E-state index >= 15 is 0 Å². The predicted molar refractivity (Wildman–Crippen MR) is 107 cm³/mol. The number of carbonyl (C=O) groups is 1. The largest absolute Gasteiger partial charge is 0.380 e. The summed E-state index contributed by atoms with van der Waals surface area (Å²) < 4.78 is 0. The molecule has 3 atom stereocenters. The fraction of sp³-hybridized carbons (Fsp3) is 0.318. The van der Waals surface area contributed by atoms with Gasteiger partial charge in [0.05, 0.1) is 18.1 Å². The maximum atomic E-state index is 11.9. The van der Waals surface area contributed by atoms with Crippen molar-refractivity contribution in [1.29, 1.82) is 0 Å². The van der Waals surface area contributed by atoms with Crippen LogP contribution >= 0.6 is 0 Å². The minimum Gasteiger partial charge on any atom is -0.380 e. The number of hydrogen-bond donors (Lipinski definition) is 1. The van der Waals surface area contributed by atoms with Gasteiger partial charge in [0, 0.05) is 42.6 Å². The van der Waals surface area contributed by atoms with Crippen molar-refractivity contribution in [2.45, 2.75) is 31.2 Å². The number of nitrogens with one attached hydrogen (secondary N) is 1. The van der Waals surface area contributed by atoms with Crippen LogP contribution in [0.4, 0.5) is 11.4 Å². The molecule has 2 heterocycles. The van der Waals surface area contributed by atoms with E-state index in [1.54, 1.807) is 12.1 Å². The lowest BCUT2D eigenvalue weighted by Gasteiger charge is -2.42. The molecular formula is C22H21N3O4. The van der Waals surface area contributed by atoms with Gasteiger partial charge < -0.3 is 5.32 Å². The van der Waals surface area contributed by atoms with Crippen molar-refractivity contribution in [2.75, 3.05) is 18.5 Å². The fourth-order valence-corrected chi connectivity index (χ4v) is 4.95. The SMILES string of the molecule is CC(=O)N1CC2=C(CO1)C[C@H]1c3cc([N+](=O)[O-])ccc3N[C@H]1[C@H]2c1ccccc1. The molecule has 29 heavy (non-hydrogen) atoms. The van der Waals surface area contributed by atoms with Gasteiger partial charge in [-0.15, -0.1) is 0 Å². The van der Waals surface area contributed by atoms with E-state index in [1.807, 2.05) is 24.3 Å². The maximum Gasteiger partial charge on any atom is 0.269 e. The number of nitro groups is 1. The van der Waals surface area contributed by atoms with E-state index in [0.717, 1.165) is 17.7 Å². The first-order valence-corrected chi connectivity index (χ1v) is 9.74. The highest BCUT2D eigenvalue weighted by Crippen LogP contribution is 2.52. The molecule has 0 spiro atoms. The predicted octanol–water partition coefficient (Wildman–Crippen LogP) is 3.75. The van der Waals surface area contributed by atoms with Crippen molar-refractivity contribution in [3.8, 4) is 0 Å². The number of carbonyl (C=O) groups excluding carboxylic acids is 1. The van der Waals surface area contributed by atoms with Gasteiger partial charge in [-0.25, -0.2) is 5.06 Å². The molecule has 3 aliphatic rings. The Bertz CT molecular complexity index is 1030. The number of benzene rings is 2. The molecule has 0 bridgehead atoms. The molecule has 0 saturated heterocycles. The number of hydroxylamine groups is 2. The van der Waals surface area contributed by atoms with Crippen LogP contribution in [-0.2, 0) is 9.63 Å². The molecule has 5 rings (SSSR count). The highest BCUT2D eigenvalue weighted by atomic mass is 16.7. The van der Waals surface area contributed by atoms with Gasteiger partial charge in [0.25, 0.3) is 5.69 Å². The molecule has 0 saturated carbocycles. The van der Waals surface area contributed by atoms with E-state index in [9.17, 15) is 14.9 Å². The first-order valence-electron chi connectivity index (χ1n) is 9.74. The number of nitrogens with zero attached hydrogens (tertiary/aromatic N) is 2. The Morgan fingerprint density at radius 3 is 2.76 bits per heavy atom. The van der Waals surface area contributed by atoms with Crippen LogP contribution in [0.3, 0.4) is 0 Å². The van der Waals surface area contributed by atoms with Crippen LogP contribution in [0.1, 0.15) is 36.3 Å². The second kappa shape index (κ2) is 6.70. The van der Waals surface area contributed by atoms with Crippen LogP contribution in [0.15, 0.2) is 59.7 Å². The molecule has 148 valence electrons. The second-order valence-electron chi connectivity index (χ2n) is 7.86. The van der Waals surface area contributed by atoms with Gasteiger partial charge in [0.15, 0.2) is 0 Å². The van der Waals surface area contributed by atoms with E-state index in [4.69, 9.17) is 4.84 Å². The summed E-state index contributed by atoms with van der Waals surface area (Å²) >= 11 is 0. The standard InChI is InChI=1S/C22H21N3O4/c1-13(26)24-11-19-15(12-29-24)9-18-17-10-16(25(27)28)7-8-20(17)23-22(18)21(19)14-5-3-2-4-6-14/h2-8,10,18,21-23H,9,11-12H2,1H3/t18-,21-,22+/m0/s1. The van der Waals surface area contributed by atoms with Crippen LogP contribution in [0.2, 0.25) is 0 Å². The summed E-state index contributed by atoms with van der Waals surface area (Å²) in [6.07, 6.45) is 0.774. The van der Waals surface area contributed by atoms with Crippen molar-refractivity contribution < 1.29 is 14.6 Å². The summed E-state index contributed by atoms with van der Waals surface area (Å²) in [5.74, 6) is 0.0901. The molecule has 1 N–H and O–H groups in total. The first-order chi connectivity index (χ1) is 14.0. The smallest absolute Gasteiger partial charge is 0.269 e. The van der Waals surface area contributed by atoms with Gasteiger partial charge in [-0.05, 0) is 34.8 Å². The number of amides is 1. The normalized spacial score (nSPS) is 25.0. The van der Waals surface area contributed by atoms with E-state index in [-0.39, 0.29) is 34.4 Å². The van der Waals surface area contributed by atoms with Gasteiger partial charge in [-0.2, -0.15) is 0 Å². The van der Waals surface area contributed by atoms with Crippen LogP contribution in [0.5, 0.6) is 0 Å². The molecule has 0 aromatic heterocycles. The molecule has 1 aliphatic carbocycles. The highest BCUT2D eigenvalue weighted by Gasteiger charge is 2.46. The Kier molecular flexibility index (Phi) is 4.13. The fourth-order valence-electron chi connectivity index (χ4n) is 4.95. The number of fused-ring (bicyclic) bond motifs is 3. The Labute approximate surface area is 168 Å². The molecule has 7 heteroatoms. The van der Waals surface area contributed by atoms with E-state index in [2.05, 4.69) is 17.4 Å². The number of hydrogen-bond acceptors (Lipinski definition) is 5. The molecule has 0 fully saturated rings. The summed E-state index contributed by atoms with van der Waals surface area (Å²) in [5.41, 5.74) is 5.65. The highest BCUT2D eigenvalue weighted by molar-refractivity contribution is 5.73. The third-order valence-corrected chi connectivity index (χ3v) is 6.27. The summed E-state index contributed by atoms with van der Waals surface area (Å²) in [6.45, 7) is 2.34. The molecular weight excluding hydrogens is 370 g/mol. The van der Waals surface area contributed by atoms with E-state index in [0.29, 0.717) is 13.2 Å². The van der Waals surface area contributed by atoms with Gasteiger partial charge in [0.1, 0.15) is 0 Å². The number of rotatable bonds is 2. The van der Waals surface area contributed by atoms with Gasteiger partial charge in [0.2, 0.25) is 5.91 Å². The molecule has 2 aromatic rings. The summed E-state index contributed by atoms with van der Waals surface area (Å²) in [5, 5.41) is 16.4. The number of nitro benzene ring substituents is 1. The minimum atomic E-state index is -0.343. The average Bonchev–Trinajstić information content (AvgIpc) is 3.09. The molecule has 0 radical (unpaired) electrons. The first kappa shape index (κ1) is 17.9. The number of non-ortho nitro benzene ring substituents is 1. The van der Waals surface area contributed by atoms with Crippen LogP contribution in [-0.4, -0.2) is 35.1 Å². The zero-order valence-corrected chi connectivity index (χ0v) is 16.0. The van der Waals surface area contributed by atoms with Gasteiger partial charge in [-0.1, -0.05) is 30.3 Å². The average molecular weight is 391 g/mol. The van der Waals surface area contributed by atoms with Crippen molar-refractivity contribution in [2.24, 2.45) is 0 Å². The molecule has 0 unspecified atom stereocenters. The van der Waals surface area contributed by atoms with Crippen LogP contribution in [0.25, 0.3) is 0 Å². The lowest BCUT2D eigenvalue weighted by Crippen LogP contribution is -2.44. The summed E-state index contributed by atoms with van der Waals surface area (Å²) in [7, 11) is 0. The van der Waals surface area contributed by atoms with Crippen molar-refractivity contribution in [3.05, 3.63) is 80.9 Å². The third-order valence-electron chi connectivity index (χ3n) is 6.27. The minimum absolute atomic E-state index is 0.0714. The Morgan fingerprint density at radius 2 is 2.03 bits per heavy atom. The van der Waals surface area contributed by atoms with E-state index in [1.165, 1.54) is 28.7 Å². The Balaban J connectivity index is 1.61.